The van der Waals surface area contributed by atoms with E-state index in [1.165, 1.54) is 11.5 Å². The SMILES string of the molecule is CCCCOc1ccc2c(O)c(OC(C)=O)c(=O)n(C)c2c1. The molecular formula is C16H19NO5. The third-order valence-electron chi connectivity index (χ3n) is 3.31. The quantitative estimate of drug-likeness (QED) is 0.677. The average Bonchev–Trinajstić information content (AvgIpc) is 2.49. The molecule has 0 aliphatic carbocycles. The number of benzene rings is 1. The van der Waals surface area contributed by atoms with E-state index in [1.807, 2.05) is 0 Å². The molecule has 0 spiro atoms. The Labute approximate surface area is 127 Å². The van der Waals surface area contributed by atoms with Crippen molar-refractivity contribution in [2.45, 2.75) is 26.7 Å². The smallest absolute Gasteiger partial charge is 0.308 e. The zero-order valence-electron chi connectivity index (χ0n) is 12.9. The van der Waals surface area contributed by atoms with E-state index in [0.29, 0.717) is 23.3 Å². The molecule has 0 unspecified atom stereocenters. The van der Waals surface area contributed by atoms with E-state index in [1.54, 1.807) is 25.2 Å². The minimum Gasteiger partial charge on any atom is -0.504 e. The first-order chi connectivity index (χ1) is 10.5. The highest BCUT2D eigenvalue weighted by atomic mass is 16.5. The summed E-state index contributed by atoms with van der Waals surface area (Å²) in [5.41, 5.74) is -0.0710. The molecule has 0 aliphatic heterocycles. The summed E-state index contributed by atoms with van der Waals surface area (Å²) < 4.78 is 11.7. The number of pyridine rings is 1. The highest BCUT2D eigenvalue weighted by Crippen LogP contribution is 2.33. The predicted molar refractivity (Wildman–Crippen MR) is 82.6 cm³/mol. The molecule has 1 aromatic heterocycles. The first kappa shape index (κ1) is 15.9. The van der Waals surface area contributed by atoms with Crippen molar-refractivity contribution in [2.24, 2.45) is 7.05 Å². The van der Waals surface area contributed by atoms with Crippen molar-refractivity contribution in [3.63, 3.8) is 0 Å². The lowest BCUT2D eigenvalue weighted by atomic mass is 10.1. The first-order valence-electron chi connectivity index (χ1n) is 7.12. The molecule has 0 bridgehead atoms. The molecule has 0 radical (unpaired) electrons. The molecular weight excluding hydrogens is 286 g/mol. The second-order valence-corrected chi connectivity index (χ2v) is 5.02. The van der Waals surface area contributed by atoms with Crippen molar-refractivity contribution in [2.75, 3.05) is 6.61 Å². The van der Waals surface area contributed by atoms with Gasteiger partial charge in [-0.2, -0.15) is 0 Å². The van der Waals surface area contributed by atoms with Crippen LogP contribution in [0.2, 0.25) is 0 Å². The number of fused-ring (bicyclic) bond motifs is 1. The first-order valence-corrected chi connectivity index (χ1v) is 7.12. The molecule has 0 saturated carbocycles. The molecule has 0 saturated heterocycles. The third-order valence-corrected chi connectivity index (χ3v) is 3.31. The molecule has 2 aromatic rings. The van der Waals surface area contributed by atoms with Gasteiger partial charge in [0, 0.05) is 25.4 Å². The summed E-state index contributed by atoms with van der Waals surface area (Å²) in [5.74, 6) is -0.739. The van der Waals surface area contributed by atoms with E-state index in [0.717, 1.165) is 12.8 Å². The number of aromatic nitrogens is 1. The zero-order valence-corrected chi connectivity index (χ0v) is 12.9. The van der Waals surface area contributed by atoms with Crippen LogP contribution in [0.25, 0.3) is 10.9 Å². The molecule has 6 heteroatoms. The molecule has 0 atom stereocenters. The van der Waals surface area contributed by atoms with Crippen molar-refractivity contribution >= 4 is 16.9 Å². The summed E-state index contributed by atoms with van der Waals surface area (Å²) in [6, 6.07) is 5.03. The van der Waals surface area contributed by atoms with Crippen LogP contribution in [0, 0.1) is 0 Å². The highest BCUT2D eigenvalue weighted by molar-refractivity contribution is 5.89. The minimum absolute atomic E-state index is 0.339. The number of aromatic hydroxyl groups is 1. The Kier molecular flexibility index (Phi) is 4.70. The maximum atomic E-state index is 12.2. The van der Waals surface area contributed by atoms with E-state index in [2.05, 4.69) is 6.92 Å². The summed E-state index contributed by atoms with van der Waals surface area (Å²) >= 11 is 0. The monoisotopic (exact) mass is 305 g/mol. The Bertz CT molecular complexity index is 763. The fourth-order valence-electron chi connectivity index (χ4n) is 2.13. The molecule has 1 heterocycles. The van der Waals surface area contributed by atoms with Gasteiger partial charge in [0.1, 0.15) is 5.75 Å². The fourth-order valence-corrected chi connectivity index (χ4v) is 2.13. The lowest BCUT2D eigenvalue weighted by molar-refractivity contribution is -0.132. The Balaban J connectivity index is 2.53. The summed E-state index contributed by atoms with van der Waals surface area (Å²) in [6.07, 6.45) is 1.96. The maximum Gasteiger partial charge on any atom is 0.308 e. The van der Waals surface area contributed by atoms with Crippen molar-refractivity contribution in [1.82, 2.24) is 4.57 Å². The van der Waals surface area contributed by atoms with Crippen molar-refractivity contribution < 1.29 is 19.4 Å². The molecule has 118 valence electrons. The standard InChI is InChI=1S/C16H19NO5/c1-4-5-8-21-11-6-7-12-13(9-11)17(3)16(20)15(14(12)19)22-10(2)18/h6-7,9,19H,4-5,8H2,1-3H3. The van der Waals surface area contributed by atoms with Crippen molar-refractivity contribution in [1.29, 1.82) is 0 Å². The predicted octanol–water partition coefficient (Wildman–Crippen LogP) is 2.35. The van der Waals surface area contributed by atoms with Crippen LogP contribution in [0.15, 0.2) is 23.0 Å². The van der Waals surface area contributed by atoms with Gasteiger partial charge in [0.2, 0.25) is 5.75 Å². The number of esters is 1. The number of carbonyl (C=O) groups is 1. The molecule has 1 aromatic carbocycles. The lowest BCUT2D eigenvalue weighted by Gasteiger charge is -2.12. The van der Waals surface area contributed by atoms with Gasteiger partial charge < -0.3 is 19.1 Å². The normalized spacial score (nSPS) is 10.7. The van der Waals surface area contributed by atoms with Gasteiger partial charge in [0.05, 0.1) is 12.1 Å². The van der Waals surface area contributed by atoms with Gasteiger partial charge in [-0.3, -0.25) is 9.59 Å². The van der Waals surface area contributed by atoms with Crippen LogP contribution < -0.4 is 15.0 Å². The average molecular weight is 305 g/mol. The largest absolute Gasteiger partial charge is 0.504 e. The number of unbranched alkanes of at least 4 members (excludes halogenated alkanes) is 1. The van der Waals surface area contributed by atoms with Crippen LogP contribution in [0.3, 0.4) is 0 Å². The van der Waals surface area contributed by atoms with E-state index in [9.17, 15) is 14.7 Å². The second-order valence-electron chi connectivity index (χ2n) is 5.02. The summed E-state index contributed by atoms with van der Waals surface area (Å²) in [7, 11) is 1.55. The number of rotatable bonds is 5. The molecule has 0 amide bonds. The Hall–Kier alpha value is -2.50. The van der Waals surface area contributed by atoms with Crippen LogP contribution in [-0.4, -0.2) is 22.2 Å². The van der Waals surface area contributed by atoms with Gasteiger partial charge in [0.25, 0.3) is 5.56 Å². The number of ether oxygens (including phenoxy) is 2. The highest BCUT2D eigenvalue weighted by Gasteiger charge is 2.18. The van der Waals surface area contributed by atoms with Crippen LogP contribution in [-0.2, 0) is 11.8 Å². The number of carbonyl (C=O) groups excluding carboxylic acids is 1. The van der Waals surface area contributed by atoms with Gasteiger partial charge in [-0.15, -0.1) is 0 Å². The number of hydrogen-bond donors (Lipinski definition) is 1. The molecule has 2 rings (SSSR count). The number of nitrogens with zero attached hydrogens (tertiary/aromatic N) is 1. The minimum atomic E-state index is -0.661. The third kappa shape index (κ3) is 3.05. The topological polar surface area (TPSA) is 77.8 Å². The molecule has 0 fully saturated rings. The van der Waals surface area contributed by atoms with E-state index >= 15 is 0 Å². The zero-order chi connectivity index (χ0) is 16.3. The fraction of sp³-hybridized carbons (Fsp3) is 0.375. The summed E-state index contributed by atoms with van der Waals surface area (Å²) in [4.78, 5) is 23.3. The van der Waals surface area contributed by atoms with Crippen molar-refractivity contribution in [3.8, 4) is 17.2 Å². The number of aryl methyl sites for hydroxylation is 1. The Morgan fingerprint density at radius 3 is 2.73 bits per heavy atom. The van der Waals surface area contributed by atoms with Gasteiger partial charge >= 0.3 is 5.97 Å². The lowest BCUT2D eigenvalue weighted by Crippen LogP contribution is -2.21. The van der Waals surface area contributed by atoms with Crippen molar-refractivity contribution in [3.05, 3.63) is 28.6 Å². The van der Waals surface area contributed by atoms with Crippen LogP contribution in [0.5, 0.6) is 17.2 Å². The van der Waals surface area contributed by atoms with Crippen LogP contribution in [0.4, 0.5) is 0 Å². The van der Waals surface area contributed by atoms with Crippen LogP contribution in [0.1, 0.15) is 26.7 Å². The molecule has 6 nitrogen and oxygen atoms in total. The summed E-state index contributed by atoms with van der Waals surface area (Å²) in [5, 5.41) is 10.6. The Morgan fingerprint density at radius 2 is 2.09 bits per heavy atom. The van der Waals surface area contributed by atoms with Gasteiger partial charge in [-0.05, 0) is 18.6 Å². The van der Waals surface area contributed by atoms with Gasteiger partial charge in [0.15, 0.2) is 5.75 Å². The maximum absolute atomic E-state index is 12.2. The molecule has 1 N–H and O–H groups in total. The van der Waals surface area contributed by atoms with E-state index in [4.69, 9.17) is 9.47 Å². The van der Waals surface area contributed by atoms with Crippen LogP contribution >= 0.6 is 0 Å². The van der Waals surface area contributed by atoms with E-state index < -0.39 is 11.5 Å². The second kappa shape index (κ2) is 6.51. The molecule has 22 heavy (non-hydrogen) atoms. The van der Waals surface area contributed by atoms with E-state index in [-0.39, 0.29) is 11.5 Å². The summed E-state index contributed by atoms with van der Waals surface area (Å²) in [6.45, 7) is 3.84. The number of hydrogen-bond acceptors (Lipinski definition) is 5. The Morgan fingerprint density at radius 1 is 1.36 bits per heavy atom. The molecule has 0 aliphatic rings. The van der Waals surface area contributed by atoms with Gasteiger partial charge in [-0.25, -0.2) is 0 Å². The van der Waals surface area contributed by atoms with Gasteiger partial charge in [-0.1, -0.05) is 13.3 Å².